The van der Waals surface area contributed by atoms with E-state index in [0.717, 1.165) is 17.9 Å². The molecule has 2 aliphatic carbocycles. The molecular formula is C27H34O2Si2. The van der Waals surface area contributed by atoms with E-state index in [1.807, 2.05) is 18.2 Å². The topological polar surface area (TPSA) is 37.3 Å². The summed E-state index contributed by atoms with van der Waals surface area (Å²) in [6.07, 6.45) is 5.97. The molecule has 0 aromatic heterocycles. The summed E-state index contributed by atoms with van der Waals surface area (Å²) in [5, 5.41) is 12.9. The van der Waals surface area contributed by atoms with Crippen LogP contribution >= 0.6 is 0 Å². The van der Waals surface area contributed by atoms with Gasteiger partial charge in [-0.3, -0.25) is 0 Å². The first-order valence-electron chi connectivity index (χ1n) is 11.8. The Morgan fingerprint density at radius 3 is 2.39 bits per heavy atom. The number of aromatic carboxylic acids is 1. The zero-order valence-electron chi connectivity index (χ0n) is 19.5. The van der Waals surface area contributed by atoms with Crippen molar-refractivity contribution in [1.29, 1.82) is 0 Å². The number of carboxylic acid groups (broad SMARTS) is 1. The Morgan fingerprint density at radius 2 is 1.74 bits per heavy atom. The van der Waals surface area contributed by atoms with Crippen LogP contribution in [0.25, 0.3) is 6.08 Å². The number of carbonyl (C=O) groups is 1. The molecule has 4 heteroatoms. The Bertz CT molecular complexity index is 1130. The summed E-state index contributed by atoms with van der Waals surface area (Å²) >= 11 is 0. The van der Waals surface area contributed by atoms with Crippen molar-refractivity contribution in [3.05, 3.63) is 64.2 Å². The Hall–Kier alpha value is -1.92. The second-order valence-corrected chi connectivity index (χ2v) is 21.1. The molecule has 0 spiro atoms. The molecule has 2 unspecified atom stereocenters. The summed E-state index contributed by atoms with van der Waals surface area (Å²) in [5.74, 6) is -0.0908. The molecule has 1 aliphatic heterocycles. The number of rotatable bonds is 3. The standard InChI is InChI=1S/C27H34O2Si2/c1-18-13-24-25(31(4,5)12-11-30(24,2)3)16-23(18)27-17-22(27)10-9-21(27)15-19-7-6-8-20(14-19)26(28)29/h6-8,13-16,22H,9-12,17H2,1-5H3,(H,28,29)/b21-15+. The molecule has 0 saturated heterocycles. The maximum atomic E-state index is 11.4. The number of hydrogen-bond donors (Lipinski definition) is 1. The van der Waals surface area contributed by atoms with Crippen molar-refractivity contribution in [2.24, 2.45) is 5.92 Å². The number of aryl methyl sites for hydroxylation is 1. The average Bonchev–Trinajstić information content (AvgIpc) is 3.34. The lowest BCUT2D eigenvalue weighted by Gasteiger charge is -2.41. The Balaban J connectivity index is 1.62. The zero-order chi connectivity index (χ0) is 22.2. The highest BCUT2D eigenvalue weighted by atomic mass is 28.3. The van der Waals surface area contributed by atoms with Crippen LogP contribution in [0.2, 0.25) is 38.3 Å². The summed E-state index contributed by atoms with van der Waals surface area (Å²) in [5.41, 5.74) is 6.20. The van der Waals surface area contributed by atoms with E-state index in [0.29, 0.717) is 5.56 Å². The largest absolute Gasteiger partial charge is 0.478 e. The molecule has 2 nitrogen and oxygen atoms in total. The number of carboxylic acids is 1. The predicted molar refractivity (Wildman–Crippen MR) is 135 cm³/mol. The van der Waals surface area contributed by atoms with Crippen LogP contribution in [0.15, 0.2) is 42.0 Å². The molecule has 2 fully saturated rings. The Labute approximate surface area is 188 Å². The highest BCUT2D eigenvalue weighted by Gasteiger charge is 2.61. The van der Waals surface area contributed by atoms with E-state index in [1.54, 1.807) is 22.0 Å². The summed E-state index contributed by atoms with van der Waals surface area (Å²) in [6.45, 7) is 12.6. The van der Waals surface area contributed by atoms with Gasteiger partial charge in [0.15, 0.2) is 0 Å². The lowest BCUT2D eigenvalue weighted by Crippen LogP contribution is -2.63. The monoisotopic (exact) mass is 446 g/mol. The highest BCUT2D eigenvalue weighted by Crippen LogP contribution is 2.67. The summed E-state index contributed by atoms with van der Waals surface area (Å²) in [6, 6.07) is 15.6. The molecule has 5 rings (SSSR count). The van der Waals surface area contributed by atoms with Gasteiger partial charge in [-0.2, -0.15) is 0 Å². The first-order valence-corrected chi connectivity index (χ1v) is 18.2. The van der Waals surface area contributed by atoms with Crippen molar-refractivity contribution in [3.8, 4) is 0 Å². The third kappa shape index (κ3) is 3.22. The predicted octanol–water partition coefficient (Wildman–Crippen LogP) is 5.67. The van der Waals surface area contributed by atoms with Gasteiger partial charge >= 0.3 is 5.97 Å². The second-order valence-electron chi connectivity index (χ2n) is 11.5. The quantitative estimate of drug-likeness (QED) is 0.617. The number of fused-ring (bicyclic) bond motifs is 2. The van der Waals surface area contributed by atoms with E-state index >= 15 is 0 Å². The van der Waals surface area contributed by atoms with Crippen molar-refractivity contribution >= 4 is 38.6 Å². The van der Waals surface area contributed by atoms with Crippen LogP contribution in [-0.4, -0.2) is 27.2 Å². The zero-order valence-corrected chi connectivity index (χ0v) is 21.5. The van der Waals surface area contributed by atoms with Gasteiger partial charge in [0.05, 0.1) is 21.7 Å². The van der Waals surface area contributed by atoms with Crippen LogP contribution in [0.1, 0.15) is 46.3 Å². The number of benzene rings is 2. The maximum Gasteiger partial charge on any atom is 0.335 e. The van der Waals surface area contributed by atoms with Gasteiger partial charge in [-0.05, 0) is 60.9 Å². The van der Waals surface area contributed by atoms with Gasteiger partial charge in [-0.15, -0.1) is 0 Å². The van der Waals surface area contributed by atoms with Gasteiger partial charge < -0.3 is 5.11 Å². The van der Waals surface area contributed by atoms with Gasteiger partial charge in [0.25, 0.3) is 0 Å². The van der Waals surface area contributed by atoms with Crippen molar-refractivity contribution in [3.63, 3.8) is 0 Å². The summed E-state index contributed by atoms with van der Waals surface area (Å²) < 4.78 is 0. The smallest absolute Gasteiger partial charge is 0.335 e. The van der Waals surface area contributed by atoms with Crippen molar-refractivity contribution in [2.75, 3.05) is 0 Å². The minimum Gasteiger partial charge on any atom is -0.478 e. The van der Waals surface area contributed by atoms with Crippen LogP contribution in [0, 0.1) is 12.8 Å². The van der Waals surface area contributed by atoms with E-state index in [2.05, 4.69) is 51.3 Å². The fourth-order valence-electron chi connectivity index (χ4n) is 6.49. The van der Waals surface area contributed by atoms with Gasteiger partial charge in [-0.25, -0.2) is 4.79 Å². The van der Waals surface area contributed by atoms with E-state index in [9.17, 15) is 9.90 Å². The van der Waals surface area contributed by atoms with Crippen LogP contribution in [-0.2, 0) is 5.41 Å². The SMILES string of the molecule is Cc1cc2c(cc1C13CC1CC/C3=C\c1cccc(C(=O)O)c1)[Si](C)(C)CC[Si]2(C)C. The minimum absolute atomic E-state index is 0.200. The van der Waals surface area contributed by atoms with E-state index in [-0.39, 0.29) is 5.41 Å². The number of hydrogen-bond acceptors (Lipinski definition) is 1. The molecule has 2 atom stereocenters. The molecule has 0 radical (unpaired) electrons. The van der Waals surface area contributed by atoms with Crippen molar-refractivity contribution < 1.29 is 9.90 Å². The highest BCUT2D eigenvalue weighted by molar-refractivity contribution is 7.03. The molecule has 1 N–H and O–H groups in total. The van der Waals surface area contributed by atoms with E-state index < -0.39 is 22.1 Å². The molecule has 0 bridgehead atoms. The molecule has 2 aromatic carbocycles. The fraction of sp³-hybridized carbons (Fsp3) is 0.444. The molecule has 162 valence electrons. The minimum atomic E-state index is -1.39. The van der Waals surface area contributed by atoms with Gasteiger partial charge in [0.2, 0.25) is 0 Å². The first-order chi connectivity index (χ1) is 14.5. The van der Waals surface area contributed by atoms with Gasteiger partial charge in [0.1, 0.15) is 0 Å². The third-order valence-corrected chi connectivity index (χ3v) is 16.1. The van der Waals surface area contributed by atoms with Crippen molar-refractivity contribution in [1.82, 2.24) is 0 Å². The summed E-state index contributed by atoms with van der Waals surface area (Å²) in [4.78, 5) is 11.4. The lowest BCUT2D eigenvalue weighted by molar-refractivity contribution is 0.0697. The van der Waals surface area contributed by atoms with Crippen LogP contribution in [0.3, 0.4) is 0 Å². The first kappa shape index (κ1) is 21.0. The van der Waals surface area contributed by atoms with Crippen molar-refractivity contribution in [2.45, 2.75) is 69.9 Å². The average molecular weight is 447 g/mol. The molecule has 2 saturated carbocycles. The van der Waals surface area contributed by atoms with Crippen LogP contribution in [0.5, 0.6) is 0 Å². The third-order valence-electron chi connectivity index (χ3n) is 8.59. The van der Waals surface area contributed by atoms with E-state index in [4.69, 9.17) is 0 Å². The molecular weight excluding hydrogens is 412 g/mol. The fourth-order valence-corrected chi connectivity index (χ4v) is 16.8. The molecule has 0 amide bonds. The maximum absolute atomic E-state index is 11.4. The summed E-state index contributed by atoms with van der Waals surface area (Å²) in [7, 11) is -2.72. The van der Waals surface area contributed by atoms with E-state index in [1.165, 1.54) is 36.1 Å². The molecule has 2 aromatic rings. The lowest BCUT2D eigenvalue weighted by atomic mass is 9.85. The van der Waals surface area contributed by atoms with Gasteiger partial charge in [-0.1, -0.05) is 84.6 Å². The molecule has 3 aliphatic rings. The van der Waals surface area contributed by atoms with Crippen LogP contribution < -0.4 is 10.4 Å². The van der Waals surface area contributed by atoms with Gasteiger partial charge in [0, 0.05) is 5.41 Å². The molecule has 31 heavy (non-hydrogen) atoms. The Kier molecular flexibility index (Phi) is 4.59. The van der Waals surface area contributed by atoms with Crippen LogP contribution in [0.4, 0.5) is 0 Å². The Morgan fingerprint density at radius 1 is 1.06 bits per heavy atom. The second kappa shape index (κ2) is 6.79. The normalized spacial score (nSPS) is 28.8. The molecule has 1 heterocycles. The number of allylic oxidation sites excluding steroid dienone is 1.